The van der Waals surface area contributed by atoms with Crippen molar-refractivity contribution in [1.82, 2.24) is 5.32 Å². The third-order valence-electron chi connectivity index (χ3n) is 1.83. The van der Waals surface area contributed by atoms with Gasteiger partial charge in [-0.05, 0) is 32.0 Å². The van der Waals surface area contributed by atoms with Crippen LogP contribution in [-0.4, -0.2) is 19.1 Å². The van der Waals surface area contributed by atoms with Crippen molar-refractivity contribution in [2.45, 2.75) is 13.8 Å². The number of rotatable bonds is 4. The molecule has 1 rings (SSSR count). The highest BCUT2D eigenvalue weighted by Gasteiger charge is 2.11. The zero-order chi connectivity index (χ0) is 11.3. The summed E-state index contributed by atoms with van der Waals surface area (Å²) in [6, 6.07) is 5.38. The van der Waals surface area contributed by atoms with Crippen LogP contribution < -0.4 is 10.1 Å². The van der Waals surface area contributed by atoms with Crippen molar-refractivity contribution < 1.29 is 9.53 Å². The van der Waals surface area contributed by atoms with Crippen molar-refractivity contribution in [3.63, 3.8) is 0 Å². The van der Waals surface area contributed by atoms with Crippen molar-refractivity contribution >= 4 is 21.8 Å². The molecule has 15 heavy (non-hydrogen) atoms. The highest BCUT2D eigenvalue weighted by Crippen LogP contribution is 2.23. The van der Waals surface area contributed by atoms with E-state index in [2.05, 4.69) is 21.2 Å². The van der Waals surface area contributed by atoms with Gasteiger partial charge in [-0.25, -0.2) is 0 Å². The van der Waals surface area contributed by atoms with Gasteiger partial charge in [0, 0.05) is 11.0 Å². The molecule has 0 aromatic heterocycles. The van der Waals surface area contributed by atoms with Gasteiger partial charge in [-0.15, -0.1) is 0 Å². The second-order valence-electron chi connectivity index (χ2n) is 2.93. The Bertz CT molecular complexity index is 352. The third kappa shape index (κ3) is 3.23. The maximum Gasteiger partial charge on any atom is 0.255 e. The number of halogens is 1. The zero-order valence-corrected chi connectivity index (χ0v) is 10.4. The van der Waals surface area contributed by atoms with E-state index in [0.29, 0.717) is 24.5 Å². The molecule has 1 N–H and O–H groups in total. The Labute approximate surface area is 97.9 Å². The van der Waals surface area contributed by atoms with Gasteiger partial charge in [-0.1, -0.05) is 15.9 Å². The lowest BCUT2D eigenvalue weighted by Gasteiger charge is -2.10. The molecule has 0 radical (unpaired) electrons. The SMILES string of the molecule is CCNC(=O)c1ccc(Br)cc1OCC. The molecule has 0 saturated heterocycles. The van der Waals surface area contributed by atoms with E-state index in [-0.39, 0.29) is 5.91 Å². The summed E-state index contributed by atoms with van der Waals surface area (Å²) in [5.74, 6) is 0.506. The molecule has 0 aliphatic carbocycles. The second-order valence-corrected chi connectivity index (χ2v) is 3.85. The number of ether oxygens (including phenoxy) is 1. The van der Waals surface area contributed by atoms with Crippen LogP contribution in [0.3, 0.4) is 0 Å². The molecular weight excluding hydrogens is 258 g/mol. The van der Waals surface area contributed by atoms with Crippen LogP contribution in [0, 0.1) is 0 Å². The lowest BCUT2D eigenvalue weighted by molar-refractivity contribution is 0.0952. The van der Waals surface area contributed by atoms with E-state index in [9.17, 15) is 4.79 Å². The summed E-state index contributed by atoms with van der Waals surface area (Å²) >= 11 is 3.34. The molecule has 0 aliphatic rings. The molecule has 0 atom stereocenters. The minimum atomic E-state index is -0.103. The van der Waals surface area contributed by atoms with Crippen LogP contribution in [-0.2, 0) is 0 Å². The van der Waals surface area contributed by atoms with Gasteiger partial charge < -0.3 is 10.1 Å². The molecule has 0 bridgehead atoms. The molecular formula is C11H14BrNO2. The highest BCUT2D eigenvalue weighted by atomic mass is 79.9. The first-order chi connectivity index (χ1) is 7.19. The van der Waals surface area contributed by atoms with E-state index >= 15 is 0 Å². The number of hydrogen-bond acceptors (Lipinski definition) is 2. The van der Waals surface area contributed by atoms with Crippen LogP contribution in [0.15, 0.2) is 22.7 Å². The fraction of sp³-hybridized carbons (Fsp3) is 0.364. The lowest BCUT2D eigenvalue weighted by atomic mass is 10.2. The minimum absolute atomic E-state index is 0.103. The molecule has 0 saturated carbocycles. The predicted octanol–water partition coefficient (Wildman–Crippen LogP) is 2.60. The Kier molecular flexibility index (Phi) is 4.62. The van der Waals surface area contributed by atoms with Gasteiger partial charge in [-0.3, -0.25) is 4.79 Å². The number of carbonyl (C=O) groups is 1. The monoisotopic (exact) mass is 271 g/mol. The van der Waals surface area contributed by atoms with Gasteiger partial charge in [0.2, 0.25) is 0 Å². The molecule has 3 nitrogen and oxygen atoms in total. The van der Waals surface area contributed by atoms with Crippen LogP contribution in [0.25, 0.3) is 0 Å². The molecule has 1 aromatic carbocycles. The smallest absolute Gasteiger partial charge is 0.255 e. The fourth-order valence-electron chi connectivity index (χ4n) is 1.21. The number of amides is 1. The van der Waals surface area contributed by atoms with Gasteiger partial charge in [0.1, 0.15) is 5.75 Å². The Morgan fingerprint density at radius 1 is 1.47 bits per heavy atom. The summed E-state index contributed by atoms with van der Waals surface area (Å²) in [5, 5.41) is 2.75. The largest absolute Gasteiger partial charge is 0.493 e. The topological polar surface area (TPSA) is 38.3 Å². The van der Waals surface area contributed by atoms with Crippen molar-refractivity contribution in [3.05, 3.63) is 28.2 Å². The Morgan fingerprint density at radius 2 is 2.20 bits per heavy atom. The molecule has 1 amide bonds. The lowest BCUT2D eigenvalue weighted by Crippen LogP contribution is -2.23. The summed E-state index contributed by atoms with van der Waals surface area (Å²) in [6.45, 7) is 4.93. The summed E-state index contributed by atoms with van der Waals surface area (Å²) in [5.41, 5.74) is 0.571. The van der Waals surface area contributed by atoms with Crippen LogP contribution >= 0.6 is 15.9 Å². The standard InChI is InChI=1S/C11H14BrNO2/c1-3-13-11(14)9-6-5-8(12)7-10(9)15-4-2/h5-7H,3-4H2,1-2H3,(H,13,14). The molecule has 0 unspecified atom stereocenters. The van der Waals surface area contributed by atoms with Gasteiger partial charge >= 0.3 is 0 Å². The maximum absolute atomic E-state index is 11.6. The van der Waals surface area contributed by atoms with Crippen LogP contribution in [0.2, 0.25) is 0 Å². The van der Waals surface area contributed by atoms with E-state index in [0.717, 1.165) is 4.47 Å². The molecule has 0 spiro atoms. The summed E-state index contributed by atoms with van der Waals surface area (Å²) < 4.78 is 6.30. The molecule has 0 fully saturated rings. The van der Waals surface area contributed by atoms with E-state index in [1.807, 2.05) is 19.9 Å². The first-order valence-corrected chi connectivity index (χ1v) is 5.68. The minimum Gasteiger partial charge on any atom is -0.493 e. The average molecular weight is 272 g/mol. The van der Waals surface area contributed by atoms with Crippen molar-refractivity contribution in [1.29, 1.82) is 0 Å². The van der Waals surface area contributed by atoms with Crippen LogP contribution in [0.4, 0.5) is 0 Å². The molecule has 82 valence electrons. The summed E-state index contributed by atoms with van der Waals surface area (Å²) in [7, 11) is 0. The number of benzene rings is 1. The van der Waals surface area contributed by atoms with Crippen molar-refractivity contribution in [2.75, 3.05) is 13.2 Å². The number of nitrogens with one attached hydrogen (secondary N) is 1. The maximum atomic E-state index is 11.6. The zero-order valence-electron chi connectivity index (χ0n) is 8.84. The van der Waals surface area contributed by atoms with E-state index in [4.69, 9.17) is 4.74 Å². The first-order valence-electron chi connectivity index (χ1n) is 4.89. The number of carbonyl (C=O) groups excluding carboxylic acids is 1. The average Bonchev–Trinajstić information content (AvgIpc) is 2.18. The Hall–Kier alpha value is -1.03. The fourth-order valence-corrected chi connectivity index (χ4v) is 1.55. The summed E-state index contributed by atoms with van der Waals surface area (Å²) in [6.07, 6.45) is 0. The molecule has 0 aliphatic heterocycles. The van der Waals surface area contributed by atoms with Crippen molar-refractivity contribution in [3.8, 4) is 5.75 Å². The molecule has 0 heterocycles. The van der Waals surface area contributed by atoms with Crippen LogP contribution in [0.5, 0.6) is 5.75 Å². The van der Waals surface area contributed by atoms with Gasteiger partial charge in [0.15, 0.2) is 0 Å². The predicted molar refractivity (Wildman–Crippen MR) is 63.3 cm³/mol. The summed E-state index contributed by atoms with van der Waals surface area (Å²) in [4.78, 5) is 11.6. The Morgan fingerprint density at radius 3 is 2.80 bits per heavy atom. The Balaban J connectivity index is 2.99. The van der Waals surface area contributed by atoms with Crippen molar-refractivity contribution in [2.24, 2.45) is 0 Å². The van der Waals surface area contributed by atoms with Gasteiger partial charge in [0.25, 0.3) is 5.91 Å². The third-order valence-corrected chi connectivity index (χ3v) is 2.32. The second kappa shape index (κ2) is 5.75. The number of hydrogen-bond donors (Lipinski definition) is 1. The van der Waals surface area contributed by atoms with E-state index in [1.165, 1.54) is 0 Å². The molecule has 1 aromatic rings. The normalized spacial score (nSPS) is 9.80. The quantitative estimate of drug-likeness (QED) is 0.914. The molecule has 4 heteroatoms. The van der Waals surface area contributed by atoms with Gasteiger partial charge in [0.05, 0.1) is 12.2 Å². The van der Waals surface area contributed by atoms with Crippen LogP contribution in [0.1, 0.15) is 24.2 Å². The highest BCUT2D eigenvalue weighted by molar-refractivity contribution is 9.10. The van der Waals surface area contributed by atoms with Gasteiger partial charge in [-0.2, -0.15) is 0 Å². The van der Waals surface area contributed by atoms with E-state index in [1.54, 1.807) is 12.1 Å². The van der Waals surface area contributed by atoms with E-state index < -0.39 is 0 Å². The first kappa shape index (κ1) is 12.0.